The second kappa shape index (κ2) is 8.00. The highest BCUT2D eigenvalue weighted by atomic mass is 16.2. The molecule has 1 aliphatic heterocycles. The van der Waals surface area contributed by atoms with Crippen molar-refractivity contribution in [2.75, 3.05) is 32.1 Å². The summed E-state index contributed by atoms with van der Waals surface area (Å²) in [6.45, 7) is 8.18. The van der Waals surface area contributed by atoms with E-state index in [1.807, 2.05) is 32.9 Å². The topological polar surface area (TPSA) is 74.2 Å². The fraction of sp³-hybridized carbons (Fsp3) is 0.500. The Kier molecular flexibility index (Phi) is 5.70. The number of nitrogens with zero attached hydrogens (tertiary/aromatic N) is 5. The van der Waals surface area contributed by atoms with Crippen LogP contribution in [0.1, 0.15) is 39.6 Å². The summed E-state index contributed by atoms with van der Waals surface area (Å²) in [6, 6.07) is 4.36. The van der Waals surface area contributed by atoms with Crippen LogP contribution in [0.4, 0.5) is 5.82 Å². The SMILES string of the molecule is Cc1cc(CNC(=O)c2nc(C)c(C)c(N3CC[C@@H](N(C)C)C3)n2)ccn1. The lowest BCUT2D eigenvalue weighted by Crippen LogP contribution is -2.33. The molecule has 1 fully saturated rings. The Labute approximate surface area is 160 Å². The molecule has 7 nitrogen and oxygen atoms in total. The second-order valence-corrected chi connectivity index (χ2v) is 7.42. The van der Waals surface area contributed by atoms with Gasteiger partial charge >= 0.3 is 0 Å². The van der Waals surface area contributed by atoms with E-state index in [2.05, 4.69) is 44.2 Å². The van der Waals surface area contributed by atoms with Crippen molar-refractivity contribution in [3.05, 3.63) is 46.7 Å². The van der Waals surface area contributed by atoms with Gasteiger partial charge in [-0.15, -0.1) is 0 Å². The number of rotatable bonds is 5. The number of carbonyl (C=O) groups is 1. The van der Waals surface area contributed by atoms with Crippen molar-refractivity contribution in [1.82, 2.24) is 25.2 Å². The van der Waals surface area contributed by atoms with Crippen molar-refractivity contribution < 1.29 is 4.79 Å². The summed E-state index contributed by atoms with van der Waals surface area (Å²) in [5.74, 6) is 0.848. The average molecular weight is 368 g/mol. The van der Waals surface area contributed by atoms with Gasteiger partial charge in [-0.3, -0.25) is 9.78 Å². The Morgan fingerprint density at radius 1 is 1.30 bits per heavy atom. The number of likely N-dealkylation sites (N-methyl/N-ethyl adjacent to an activating group) is 1. The molecule has 1 saturated heterocycles. The Hall–Kier alpha value is -2.54. The van der Waals surface area contributed by atoms with E-state index >= 15 is 0 Å². The molecule has 1 aliphatic rings. The van der Waals surface area contributed by atoms with Crippen molar-refractivity contribution >= 4 is 11.7 Å². The van der Waals surface area contributed by atoms with Gasteiger partial charge in [0, 0.05) is 48.8 Å². The molecule has 3 heterocycles. The molecule has 27 heavy (non-hydrogen) atoms. The number of anilines is 1. The largest absolute Gasteiger partial charge is 0.355 e. The van der Waals surface area contributed by atoms with E-state index in [-0.39, 0.29) is 11.7 Å². The number of amides is 1. The van der Waals surface area contributed by atoms with E-state index in [1.54, 1.807) is 6.20 Å². The lowest BCUT2D eigenvalue weighted by atomic mass is 10.2. The highest BCUT2D eigenvalue weighted by Gasteiger charge is 2.27. The summed E-state index contributed by atoms with van der Waals surface area (Å²) in [7, 11) is 4.21. The molecule has 0 unspecified atom stereocenters. The number of hydrogen-bond donors (Lipinski definition) is 1. The number of hydrogen-bond acceptors (Lipinski definition) is 6. The minimum atomic E-state index is -0.253. The lowest BCUT2D eigenvalue weighted by Gasteiger charge is -2.23. The monoisotopic (exact) mass is 368 g/mol. The predicted octanol–water partition coefficient (Wildman–Crippen LogP) is 1.87. The molecule has 1 N–H and O–H groups in total. The third kappa shape index (κ3) is 4.42. The molecule has 7 heteroatoms. The minimum Gasteiger partial charge on any atom is -0.355 e. The molecule has 0 aliphatic carbocycles. The van der Waals surface area contributed by atoms with Crippen molar-refractivity contribution in [2.45, 2.75) is 39.8 Å². The Morgan fingerprint density at radius 2 is 2.07 bits per heavy atom. The van der Waals surface area contributed by atoms with Gasteiger partial charge in [-0.05, 0) is 59.0 Å². The van der Waals surface area contributed by atoms with E-state index in [0.717, 1.165) is 47.8 Å². The van der Waals surface area contributed by atoms with Crippen LogP contribution in [0.25, 0.3) is 0 Å². The molecule has 0 bridgehead atoms. The van der Waals surface area contributed by atoms with Crippen LogP contribution in [0.15, 0.2) is 18.3 Å². The van der Waals surface area contributed by atoms with Gasteiger partial charge in [0.1, 0.15) is 5.82 Å². The first kappa shape index (κ1) is 19.2. The summed E-state index contributed by atoms with van der Waals surface area (Å²) in [5, 5.41) is 2.92. The van der Waals surface area contributed by atoms with E-state index in [1.165, 1.54) is 0 Å². The molecule has 2 aromatic rings. The first-order chi connectivity index (χ1) is 12.8. The summed E-state index contributed by atoms with van der Waals surface area (Å²) >= 11 is 0. The van der Waals surface area contributed by atoms with E-state index in [4.69, 9.17) is 0 Å². The molecule has 2 aromatic heterocycles. The molecule has 0 saturated carbocycles. The standard InChI is InChI=1S/C20H28N6O/c1-13-10-16(6-8-21-13)11-22-20(27)18-23-15(3)14(2)19(24-18)26-9-7-17(12-26)25(4)5/h6,8,10,17H,7,9,11-12H2,1-5H3,(H,22,27)/t17-/m1/s1. The van der Waals surface area contributed by atoms with Gasteiger partial charge < -0.3 is 15.1 Å². The van der Waals surface area contributed by atoms with Gasteiger partial charge in [0.2, 0.25) is 5.82 Å². The van der Waals surface area contributed by atoms with Crippen LogP contribution < -0.4 is 10.2 Å². The number of aromatic nitrogens is 3. The van der Waals surface area contributed by atoms with Crippen LogP contribution in [-0.4, -0.2) is 59.0 Å². The third-order valence-electron chi connectivity index (χ3n) is 5.17. The molecule has 144 valence electrons. The zero-order valence-electron chi connectivity index (χ0n) is 16.8. The fourth-order valence-corrected chi connectivity index (χ4v) is 3.35. The fourth-order valence-electron chi connectivity index (χ4n) is 3.35. The summed E-state index contributed by atoms with van der Waals surface area (Å²) < 4.78 is 0. The minimum absolute atomic E-state index is 0.229. The molecular weight excluding hydrogens is 340 g/mol. The Balaban J connectivity index is 1.76. The van der Waals surface area contributed by atoms with Crippen LogP contribution >= 0.6 is 0 Å². The van der Waals surface area contributed by atoms with Crippen LogP contribution in [0.5, 0.6) is 0 Å². The smallest absolute Gasteiger partial charge is 0.289 e. The van der Waals surface area contributed by atoms with Gasteiger partial charge in [0.15, 0.2) is 0 Å². The van der Waals surface area contributed by atoms with Gasteiger partial charge in [-0.1, -0.05) is 0 Å². The maximum absolute atomic E-state index is 12.6. The van der Waals surface area contributed by atoms with Gasteiger partial charge in [0.25, 0.3) is 5.91 Å². The second-order valence-electron chi connectivity index (χ2n) is 7.42. The Bertz CT molecular complexity index is 835. The van der Waals surface area contributed by atoms with Crippen LogP contribution in [0, 0.1) is 20.8 Å². The molecular formula is C20H28N6O. The average Bonchev–Trinajstić information content (AvgIpc) is 3.12. The summed E-state index contributed by atoms with van der Waals surface area (Å²) in [4.78, 5) is 30.3. The van der Waals surface area contributed by atoms with Crippen LogP contribution in [0.2, 0.25) is 0 Å². The quantitative estimate of drug-likeness (QED) is 0.868. The van der Waals surface area contributed by atoms with Crippen LogP contribution in [-0.2, 0) is 6.54 Å². The number of carbonyl (C=O) groups excluding carboxylic acids is 1. The zero-order valence-corrected chi connectivity index (χ0v) is 16.8. The number of aryl methyl sites for hydroxylation is 2. The molecule has 1 amide bonds. The first-order valence-corrected chi connectivity index (χ1v) is 9.31. The van der Waals surface area contributed by atoms with Crippen molar-refractivity contribution in [2.24, 2.45) is 0 Å². The maximum atomic E-state index is 12.6. The predicted molar refractivity (Wildman–Crippen MR) is 106 cm³/mol. The van der Waals surface area contributed by atoms with Gasteiger partial charge in [0.05, 0.1) is 0 Å². The van der Waals surface area contributed by atoms with Crippen molar-refractivity contribution in [3.63, 3.8) is 0 Å². The van der Waals surface area contributed by atoms with Crippen molar-refractivity contribution in [1.29, 1.82) is 0 Å². The molecule has 0 spiro atoms. The molecule has 0 radical (unpaired) electrons. The van der Waals surface area contributed by atoms with E-state index in [9.17, 15) is 4.79 Å². The van der Waals surface area contributed by atoms with Gasteiger partial charge in [-0.2, -0.15) is 0 Å². The highest BCUT2D eigenvalue weighted by molar-refractivity contribution is 5.91. The molecule has 0 aromatic carbocycles. The highest BCUT2D eigenvalue weighted by Crippen LogP contribution is 2.25. The maximum Gasteiger partial charge on any atom is 0.289 e. The van der Waals surface area contributed by atoms with Gasteiger partial charge in [-0.25, -0.2) is 9.97 Å². The molecule has 3 rings (SSSR count). The summed E-state index contributed by atoms with van der Waals surface area (Å²) in [5.41, 5.74) is 3.82. The van der Waals surface area contributed by atoms with Crippen LogP contribution in [0.3, 0.4) is 0 Å². The summed E-state index contributed by atoms with van der Waals surface area (Å²) in [6.07, 6.45) is 2.84. The molecule has 1 atom stereocenters. The third-order valence-corrected chi connectivity index (χ3v) is 5.17. The Morgan fingerprint density at radius 3 is 2.74 bits per heavy atom. The number of nitrogens with one attached hydrogen (secondary N) is 1. The van der Waals surface area contributed by atoms with E-state index < -0.39 is 0 Å². The first-order valence-electron chi connectivity index (χ1n) is 9.31. The van der Waals surface area contributed by atoms with E-state index in [0.29, 0.717) is 12.6 Å². The van der Waals surface area contributed by atoms with Crippen molar-refractivity contribution in [3.8, 4) is 0 Å². The zero-order chi connectivity index (χ0) is 19.6. The normalized spacial score (nSPS) is 16.8. The lowest BCUT2D eigenvalue weighted by molar-refractivity contribution is 0.0940. The number of pyridine rings is 1.